The number of anilines is 3. The molecule has 8 aromatic carbocycles. The van der Waals surface area contributed by atoms with Crippen molar-refractivity contribution < 1.29 is 0 Å². The van der Waals surface area contributed by atoms with Crippen LogP contribution in [0.1, 0.15) is 104 Å². The van der Waals surface area contributed by atoms with Crippen LogP contribution in [0.15, 0.2) is 170 Å². The van der Waals surface area contributed by atoms with Crippen LogP contribution in [0.3, 0.4) is 0 Å². The Morgan fingerprint density at radius 1 is 0.371 bits per heavy atom. The first kappa shape index (κ1) is 37.3. The molecule has 62 heavy (non-hydrogen) atoms. The highest BCUT2D eigenvalue weighted by Gasteiger charge is 2.52. The summed E-state index contributed by atoms with van der Waals surface area (Å²) in [5.41, 5.74) is 26.2. The maximum Gasteiger partial charge on any atom is 0.0726 e. The first-order valence-electron chi connectivity index (χ1n) is 22.7. The lowest BCUT2D eigenvalue weighted by Gasteiger charge is -2.44. The minimum atomic E-state index is -0.470. The summed E-state index contributed by atoms with van der Waals surface area (Å²) in [6.45, 7) is 17.0. The van der Waals surface area contributed by atoms with Crippen molar-refractivity contribution in [2.45, 2.75) is 83.0 Å². The largest absolute Gasteiger partial charge is 0.310 e. The molecule has 0 atom stereocenters. The number of aryl methyl sites for hydroxylation is 1. The fourth-order valence-corrected chi connectivity index (χ4v) is 12.6. The molecule has 1 spiro atoms. The van der Waals surface area contributed by atoms with E-state index in [1.54, 1.807) is 0 Å². The summed E-state index contributed by atoms with van der Waals surface area (Å²) in [6, 6.07) is 65.2. The maximum absolute atomic E-state index is 2.63. The van der Waals surface area contributed by atoms with Crippen LogP contribution in [0.2, 0.25) is 0 Å². The van der Waals surface area contributed by atoms with Gasteiger partial charge in [0.25, 0.3) is 0 Å². The molecule has 0 saturated carbocycles. The third-order valence-electron chi connectivity index (χ3n) is 15.7. The molecule has 0 aromatic heterocycles. The van der Waals surface area contributed by atoms with Gasteiger partial charge in [0.1, 0.15) is 0 Å². The van der Waals surface area contributed by atoms with Crippen molar-refractivity contribution >= 4 is 17.1 Å². The van der Waals surface area contributed by atoms with Crippen molar-refractivity contribution in [3.63, 3.8) is 0 Å². The monoisotopic (exact) mass is 799 g/mol. The second-order valence-corrected chi connectivity index (χ2v) is 20.3. The molecule has 0 heterocycles. The molecule has 1 nitrogen and oxygen atoms in total. The minimum absolute atomic E-state index is 0.00804. The van der Waals surface area contributed by atoms with Crippen molar-refractivity contribution in [1.29, 1.82) is 0 Å². The quantitative estimate of drug-likeness (QED) is 0.171. The molecule has 0 saturated heterocycles. The molecular formula is C61H53N. The fraction of sp³-hybridized carbons (Fsp3) is 0.213. The molecule has 4 aliphatic carbocycles. The Morgan fingerprint density at radius 2 is 0.887 bits per heavy atom. The summed E-state index contributed by atoms with van der Waals surface area (Å²) in [5.74, 6) is 0. The normalized spacial score (nSPS) is 17.0. The van der Waals surface area contributed by atoms with E-state index in [0.29, 0.717) is 0 Å². The van der Waals surface area contributed by atoms with Gasteiger partial charge >= 0.3 is 0 Å². The summed E-state index contributed by atoms with van der Waals surface area (Å²) in [5, 5.41) is 0. The van der Waals surface area contributed by atoms with Gasteiger partial charge in [-0.1, -0.05) is 175 Å². The predicted octanol–water partition coefficient (Wildman–Crippen LogP) is 16.1. The molecule has 0 fully saturated rings. The Morgan fingerprint density at radius 3 is 1.52 bits per heavy atom. The second-order valence-electron chi connectivity index (χ2n) is 20.3. The van der Waals surface area contributed by atoms with Crippen LogP contribution in [-0.2, 0) is 21.7 Å². The van der Waals surface area contributed by atoms with E-state index in [-0.39, 0.29) is 16.2 Å². The Hall–Kier alpha value is -6.44. The number of para-hydroxylation sites is 1. The molecule has 0 N–H and O–H groups in total. The van der Waals surface area contributed by atoms with E-state index in [4.69, 9.17) is 0 Å². The van der Waals surface area contributed by atoms with Crippen LogP contribution >= 0.6 is 0 Å². The number of nitrogens with zero attached hydrogens (tertiary/aromatic N) is 1. The zero-order valence-corrected chi connectivity index (χ0v) is 37.0. The summed E-state index contributed by atoms with van der Waals surface area (Å²) >= 11 is 0. The Balaban J connectivity index is 1.24. The summed E-state index contributed by atoms with van der Waals surface area (Å²) in [4.78, 5) is 2.60. The van der Waals surface area contributed by atoms with E-state index in [1.165, 1.54) is 112 Å². The van der Waals surface area contributed by atoms with Gasteiger partial charge in [-0.25, -0.2) is 0 Å². The highest BCUT2D eigenvalue weighted by atomic mass is 15.1. The molecule has 0 unspecified atom stereocenters. The average Bonchev–Trinajstić information content (AvgIpc) is 3.83. The second kappa shape index (κ2) is 12.8. The van der Waals surface area contributed by atoms with Crippen LogP contribution < -0.4 is 4.90 Å². The van der Waals surface area contributed by atoms with Gasteiger partial charge in [-0.05, 0) is 156 Å². The number of rotatable bonds is 4. The third-order valence-corrected chi connectivity index (χ3v) is 15.7. The lowest BCUT2D eigenvalue weighted by Crippen LogP contribution is -2.34. The molecule has 0 bridgehead atoms. The van der Waals surface area contributed by atoms with E-state index in [2.05, 4.69) is 223 Å². The molecule has 302 valence electrons. The molecule has 0 amide bonds. The zero-order chi connectivity index (χ0) is 42.3. The van der Waals surface area contributed by atoms with Crippen molar-refractivity contribution in [2.75, 3.05) is 4.90 Å². The molecular weight excluding hydrogens is 747 g/mol. The third kappa shape index (κ3) is 4.86. The highest BCUT2D eigenvalue weighted by molar-refractivity contribution is 6.01. The van der Waals surface area contributed by atoms with Crippen molar-refractivity contribution in [2.24, 2.45) is 0 Å². The number of fused-ring (bicyclic) bond motifs is 14. The number of hydrogen-bond acceptors (Lipinski definition) is 1. The first-order valence-corrected chi connectivity index (χ1v) is 22.7. The fourth-order valence-electron chi connectivity index (χ4n) is 12.6. The molecule has 12 rings (SSSR count). The predicted molar refractivity (Wildman–Crippen MR) is 260 cm³/mol. The topological polar surface area (TPSA) is 3.24 Å². The van der Waals surface area contributed by atoms with Crippen LogP contribution in [0.4, 0.5) is 17.1 Å². The maximum atomic E-state index is 2.63. The van der Waals surface area contributed by atoms with Crippen LogP contribution in [0.5, 0.6) is 0 Å². The van der Waals surface area contributed by atoms with Gasteiger partial charge in [0.2, 0.25) is 0 Å². The Bertz CT molecular complexity index is 3130. The lowest BCUT2D eigenvalue weighted by molar-refractivity contribution is 0.332. The van der Waals surface area contributed by atoms with Crippen LogP contribution in [0.25, 0.3) is 44.5 Å². The Labute approximate surface area is 367 Å². The van der Waals surface area contributed by atoms with Gasteiger partial charge in [-0.15, -0.1) is 0 Å². The van der Waals surface area contributed by atoms with Gasteiger partial charge in [0, 0.05) is 22.4 Å². The van der Waals surface area contributed by atoms with Crippen LogP contribution in [-0.4, -0.2) is 0 Å². The molecule has 0 aliphatic heterocycles. The SMILES string of the molecule is Cc1ccc2c(c1-c1cc3c(cc1N(c1ccccc1)c1ccc4c(c1)C(C)(C)c1ccccc1-4)C1(c4ccccc4-c4ccccc41)c1ccccc1-3)C(C)(C)CCC2(C)C. The van der Waals surface area contributed by atoms with E-state index in [0.717, 1.165) is 12.1 Å². The minimum Gasteiger partial charge on any atom is -0.310 e. The number of hydrogen-bond donors (Lipinski definition) is 0. The lowest BCUT2D eigenvalue weighted by atomic mass is 9.61. The van der Waals surface area contributed by atoms with Crippen molar-refractivity contribution in [3.8, 4) is 44.5 Å². The van der Waals surface area contributed by atoms with Crippen LogP contribution in [0, 0.1) is 6.92 Å². The Kier molecular flexibility index (Phi) is 7.71. The van der Waals surface area contributed by atoms with Gasteiger partial charge in [0.05, 0.1) is 11.1 Å². The van der Waals surface area contributed by atoms with E-state index < -0.39 is 5.41 Å². The molecule has 0 radical (unpaired) electrons. The smallest absolute Gasteiger partial charge is 0.0726 e. The van der Waals surface area contributed by atoms with E-state index in [1.807, 2.05) is 0 Å². The van der Waals surface area contributed by atoms with Gasteiger partial charge < -0.3 is 4.90 Å². The van der Waals surface area contributed by atoms with Gasteiger partial charge in [-0.3, -0.25) is 0 Å². The van der Waals surface area contributed by atoms with Gasteiger partial charge in [-0.2, -0.15) is 0 Å². The van der Waals surface area contributed by atoms with E-state index >= 15 is 0 Å². The number of benzene rings is 8. The molecule has 4 aliphatic rings. The van der Waals surface area contributed by atoms with E-state index in [9.17, 15) is 0 Å². The highest BCUT2D eigenvalue weighted by Crippen LogP contribution is 2.65. The van der Waals surface area contributed by atoms with Crippen molar-refractivity contribution in [1.82, 2.24) is 0 Å². The zero-order valence-electron chi connectivity index (χ0n) is 37.0. The summed E-state index contributed by atoms with van der Waals surface area (Å²) in [6.07, 6.45) is 2.32. The average molecular weight is 800 g/mol. The molecule has 8 aromatic rings. The summed E-state index contributed by atoms with van der Waals surface area (Å²) < 4.78 is 0. The van der Waals surface area contributed by atoms with Crippen molar-refractivity contribution in [3.05, 3.63) is 220 Å². The van der Waals surface area contributed by atoms with Gasteiger partial charge in [0.15, 0.2) is 0 Å². The standard InChI is InChI=1S/C61H53N/c1-38-29-32-52-57(59(4,5)34-33-58(52,2)3)56(38)47-36-46-44-24-14-18-28-51(44)61(49-26-16-12-22-42(49)43-23-13-17-27-50(43)61)54(46)37-55(47)62(39-19-9-8-10-20-39)40-30-31-45-41-21-11-15-25-48(41)60(6,7)53(45)35-40/h8-32,35-37H,33-34H2,1-7H3. The summed E-state index contributed by atoms with van der Waals surface area (Å²) in [7, 11) is 0. The molecule has 1 heteroatoms. The first-order chi connectivity index (χ1) is 29.9.